The lowest BCUT2D eigenvalue weighted by Crippen LogP contribution is -2.31. The van der Waals surface area contributed by atoms with E-state index in [0.717, 1.165) is 5.56 Å². The quantitative estimate of drug-likeness (QED) is 0.801. The van der Waals surface area contributed by atoms with Gasteiger partial charge in [-0.25, -0.2) is 0 Å². The van der Waals surface area contributed by atoms with Crippen molar-refractivity contribution in [1.82, 2.24) is 4.90 Å². The molecule has 0 aromatic heterocycles. The zero-order valence-corrected chi connectivity index (χ0v) is 10.9. The van der Waals surface area contributed by atoms with Crippen LogP contribution >= 0.6 is 0 Å². The molecule has 3 nitrogen and oxygen atoms in total. The van der Waals surface area contributed by atoms with Crippen LogP contribution in [0.5, 0.6) is 0 Å². The fourth-order valence-electron chi connectivity index (χ4n) is 1.66. The third-order valence-electron chi connectivity index (χ3n) is 2.61. The molecule has 0 fully saturated rings. The molecule has 0 saturated carbocycles. The highest BCUT2D eigenvalue weighted by Crippen LogP contribution is 2.16. The van der Waals surface area contributed by atoms with Crippen LogP contribution in [0.15, 0.2) is 24.3 Å². The molecule has 1 aromatic rings. The van der Waals surface area contributed by atoms with Crippen LogP contribution in [0.25, 0.3) is 0 Å². The minimum absolute atomic E-state index is 0.0131. The van der Waals surface area contributed by atoms with Crippen LogP contribution in [0.4, 0.5) is 0 Å². The Balaban J connectivity index is 2.88. The van der Waals surface area contributed by atoms with Gasteiger partial charge in [0.25, 0.3) is 5.91 Å². The van der Waals surface area contributed by atoms with Crippen molar-refractivity contribution in [3.63, 3.8) is 0 Å². The molecule has 0 bridgehead atoms. The SMILES string of the molecule is CC(=O)CN(C)C(=O)c1cccc(C(C)C)c1. The minimum atomic E-state index is -0.109. The first-order valence-electron chi connectivity index (χ1n) is 5.76. The van der Waals surface area contributed by atoms with Crippen LogP contribution in [0.2, 0.25) is 0 Å². The van der Waals surface area contributed by atoms with E-state index in [0.29, 0.717) is 11.5 Å². The summed E-state index contributed by atoms with van der Waals surface area (Å²) in [4.78, 5) is 24.4. The van der Waals surface area contributed by atoms with Gasteiger partial charge in [0.15, 0.2) is 0 Å². The summed E-state index contributed by atoms with van der Waals surface area (Å²) < 4.78 is 0. The Morgan fingerprint density at radius 3 is 2.47 bits per heavy atom. The molecule has 1 aromatic carbocycles. The second-order valence-electron chi connectivity index (χ2n) is 4.64. The van der Waals surface area contributed by atoms with Crippen molar-refractivity contribution in [1.29, 1.82) is 0 Å². The van der Waals surface area contributed by atoms with Crippen molar-refractivity contribution in [3.8, 4) is 0 Å². The first-order chi connectivity index (χ1) is 7.91. The van der Waals surface area contributed by atoms with Gasteiger partial charge >= 0.3 is 0 Å². The van der Waals surface area contributed by atoms with Crippen LogP contribution in [-0.4, -0.2) is 30.2 Å². The molecule has 0 unspecified atom stereocenters. The van der Waals surface area contributed by atoms with E-state index in [1.807, 2.05) is 18.2 Å². The monoisotopic (exact) mass is 233 g/mol. The van der Waals surface area contributed by atoms with Gasteiger partial charge < -0.3 is 4.90 Å². The van der Waals surface area contributed by atoms with Gasteiger partial charge in [0.05, 0.1) is 6.54 Å². The average Bonchev–Trinajstić information content (AvgIpc) is 2.27. The number of carbonyl (C=O) groups is 2. The van der Waals surface area contributed by atoms with Crippen LogP contribution in [0, 0.1) is 0 Å². The largest absolute Gasteiger partial charge is 0.334 e. The molecule has 0 spiro atoms. The lowest BCUT2D eigenvalue weighted by Gasteiger charge is -2.16. The Labute approximate surface area is 102 Å². The third-order valence-corrected chi connectivity index (χ3v) is 2.61. The van der Waals surface area contributed by atoms with Crippen LogP contribution in [0.3, 0.4) is 0 Å². The van der Waals surface area contributed by atoms with E-state index < -0.39 is 0 Å². The molecule has 0 heterocycles. The number of Topliss-reactive ketones (excluding diaryl/α,β-unsaturated/α-hetero) is 1. The lowest BCUT2D eigenvalue weighted by atomic mass is 10.0. The number of ketones is 1. The summed E-state index contributed by atoms with van der Waals surface area (Å²) in [5.41, 5.74) is 1.77. The van der Waals surface area contributed by atoms with Gasteiger partial charge in [0.2, 0.25) is 0 Å². The summed E-state index contributed by atoms with van der Waals surface area (Å²) in [6.45, 7) is 5.81. The van der Waals surface area contributed by atoms with Crippen molar-refractivity contribution in [2.75, 3.05) is 13.6 Å². The standard InChI is InChI=1S/C14H19NO2/c1-10(2)12-6-5-7-13(8-12)14(17)15(4)9-11(3)16/h5-8,10H,9H2,1-4H3. The van der Waals surface area contributed by atoms with E-state index in [1.54, 1.807) is 13.1 Å². The summed E-state index contributed by atoms with van der Waals surface area (Å²) in [5, 5.41) is 0. The number of hydrogen-bond acceptors (Lipinski definition) is 2. The van der Waals surface area contributed by atoms with Crippen molar-refractivity contribution >= 4 is 11.7 Å². The highest BCUT2D eigenvalue weighted by Gasteiger charge is 2.13. The van der Waals surface area contributed by atoms with Gasteiger partial charge in [-0.2, -0.15) is 0 Å². The fourth-order valence-corrected chi connectivity index (χ4v) is 1.66. The van der Waals surface area contributed by atoms with Crippen molar-refractivity contribution in [2.45, 2.75) is 26.7 Å². The molecule has 1 rings (SSSR count). The highest BCUT2D eigenvalue weighted by atomic mass is 16.2. The maximum atomic E-state index is 12.0. The first-order valence-corrected chi connectivity index (χ1v) is 5.76. The molecule has 1 amide bonds. The number of hydrogen-bond donors (Lipinski definition) is 0. The van der Waals surface area contributed by atoms with E-state index in [1.165, 1.54) is 11.8 Å². The highest BCUT2D eigenvalue weighted by molar-refractivity contribution is 5.96. The summed E-state index contributed by atoms with van der Waals surface area (Å²) in [5.74, 6) is 0.268. The van der Waals surface area contributed by atoms with Gasteiger partial charge in [0.1, 0.15) is 5.78 Å². The molecule has 0 aliphatic rings. The van der Waals surface area contributed by atoms with Gasteiger partial charge in [-0.15, -0.1) is 0 Å². The van der Waals surface area contributed by atoms with Crippen molar-refractivity contribution in [2.24, 2.45) is 0 Å². The minimum Gasteiger partial charge on any atom is -0.334 e. The Bertz CT molecular complexity index is 424. The second-order valence-corrected chi connectivity index (χ2v) is 4.64. The number of rotatable bonds is 4. The smallest absolute Gasteiger partial charge is 0.254 e. The van der Waals surface area contributed by atoms with Gasteiger partial charge in [-0.3, -0.25) is 9.59 Å². The number of nitrogens with zero attached hydrogens (tertiary/aromatic N) is 1. The normalized spacial score (nSPS) is 10.4. The molecule has 0 aliphatic heterocycles. The molecule has 0 saturated heterocycles. The molecule has 92 valence electrons. The number of carbonyl (C=O) groups excluding carboxylic acids is 2. The van der Waals surface area contributed by atoms with Crippen LogP contribution in [0.1, 0.15) is 42.6 Å². The van der Waals surface area contributed by atoms with E-state index in [-0.39, 0.29) is 18.2 Å². The maximum absolute atomic E-state index is 12.0. The predicted molar refractivity (Wildman–Crippen MR) is 68.2 cm³/mol. The van der Waals surface area contributed by atoms with E-state index in [4.69, 9.17) is 0 Å². The Hall–Kier alpha value is -1.64. The molecular formula is C14H19NO2. The fraction of sp³-hybridized carbons (Fsp3) is 0.429. The number of benzene rings is 1. The van der Waals surface area contributed by atoms with Gasteiger partial charge in [-0.05, 0) is 30.5 Å². The zero-order chi connectivity index (χ0) is 13.0. The third kappa shape index (κ3) is 3.70. The molecule has 0 N–H and O–H groups in total. The number of amides is 1. The van der Waals surface area contributed by atoms with Crippen molar-refractivity contribution in [3.05, 3.63) is 35.4 Å². The lowest BCUT2D eigenvalue weighted by molar-refractivity contribution is -0.117. The van der Waals surface area contributed by atoms with Crippen LogP contribution < -0.4 is 0 Å². The topological polar surface area (TPSA) is 37.4 Å². The number of likely N-dealkylation sites (N-methyl/N-ethyl adjacent to an activating group) is 1. The summed E-state index contributed by atoms with van der Waals surface area (Å²) in [6, 6.07) is 7.56. The molecule has 0 radical (unpaired) electrons. The second kappa shape index (κ2) is 5.62. The van der Waals surface area contributed by atoms with Gasteiger partial charge in [0, 0.05) is 12.6 Å². The van der Waals surface area contributed by atoms with Gasteiger partial charge in [-0.1, -0.05) is 26.0 Å². The molecule has 3 heteroatoms. The molecule has 17 heavy (non-hydrogen) atoms. The predicted octanol–water partition coefficient (Wildman–Crippen LogP) is 2.47. The average molecular weight is 233 g/mol. The van der Waals surface area contributed by atoms with E-state index in [2.05, 4.69) is 13.8 Å². The maximum Gasteiger partial charge on any atom is 0.254 e. The van der Waals surface area contributed by atoms with Crippen molar-refractivity contribution < 1.29 is 9.59 Å². The molecular weight excluding hydrogens is 214 g/mol. The Morgan fingerprint density at radius 1 is 1.29 bits per heavy atom. The Morgan fingerprint density at radius 2 is 1.94 bits per heavy atom. The van der Waals surface area contributed by atoms with E-state index >= 15 is 0 Å². The first kappa shape index (κ1) is 13.4. The van der Waals surface area contributed by atoms with Crippen LogP contribution in [-0.2, 0) is 4.79 Å². The molecule has 0 aliphatic carbocycles. The van der Waals surface area contributed by atoms with E-state index in [9.17, 15) is 9.59 Å². The molecule has 0 atom stereocenters. The summed E-state index contributed by atoms with van der Waals surface area (Å²) in [7, 11) is 1.64. The zero-order valence-electron chi connectivity index (χ0n) is 10.9. The summed E-state index contributed by atoms with van der Waals surface area (Å²) in [6.07, 6.45) is 0. The Kier molecular flexibility index (Phi) is 4.44. The summed E-state index contributed by atoms with van der Waals surface area (Å²) >= 11 is 0.